The minimum Gasteiger partial charge on any atom is -0.350 e. The number of rotatable bonds is 6. The first-order chi connectivity index (χ1) is 12.6. The van der Waals surface area contributed by atoms with E-state index in [-0.39, 0.29) is 5.91 Å². The van der Waals surface area contributed by atoms with E-state index in [0.717, 1.165) is 38.0 Å². The van der Waals surface area contributed by atoms with Gasteiger partial charge in [0.05, 0.1) is 11.6 Å². The van der Waals surface area contributed by atoms with Crippen LogP contribution in [0.4, 0.5) is 0 Å². The highest BCUT2D eigenvalue weighted by atomic mass is 79.9. The first-order valence-electron chi connectivity index (χ1n) is 8.21. The zero-order chi connectivity index (χ0) is 18.5. The summed E-state index contributed by atoms with van der Waals surface area (Å²) in [7, 11) is 0. The molecule has 0 aliphatic carbocycles. The second-order valence-corrected chi connectivity index (χ2v) is 7.97. The number of nitriles is 1. The molecule has 0 spiro atoms. The number of aromatic nitrogens is 1. The van der Waals surface area contributed by atoms with E-state index in [4.69, 9.17) is 5.26 Å². The van der Waals surface area contributed by atoms with E-state index in [1.54, 1.807) is 11.8 Å². The molecule has 0 bridgehead atoms. The summed E-state index contributed by atoms with van der Waals surface area (Å²) in [5, 5.41) is 13.1. The molecule has 132 valence electrons. The third kappa shape index (κ3) is 4.29. The highest BCUT2D eigenvalue weighted by Crippen LogP contribution is 2.24. The minimum absolute atomic E-state index is 0.102. The van der Waals surface area contributed by atoms with Crippen LogP contribution in [-0.4, -0.2) is 23.2 Å². The molecule has 0 atom stereocenters. The van der Waals surface area contributed by atoms with Gasteiger partial charge in [0.25, 0.3) is 5.91 Å². The van der Waals surface area contributed by atoms with Gasteiger partial charge >= 0.3 is 0 Å². The third-order valence-corrected chi connectivity index (χ3v) is 5.53. The Bertz CT molecular complexity index is 990. The number of carbonyl (C=O) groups is 1. The average molecular weight is 428 g/mol. The van der Waals surface area contributed by atoms with Gasteiger partial charge in [-0.25, -0.2) is 0 Å². The van der Waals surface area contributed by atoms with Crippen LogP contribution in [0.2, 0.25) is 0 Å². The summed E-state index contributed by atoms with van der Waals surface area (Å²) < 4.78 is 1.00. The number of H-pyrrole nitrogens is 1. The number of nitrogens with one attached hydrogen (secondary N) is 2. The summed E-state index contributed by atoms with van der Waals surface area (Å²) in [6.07, 6.45) is 0. The number of hydrogen-bond acceptors (Lipinski definition) is 3. The van der Waals surface area contributed by atoms with Gasteiger partial charge in [0, 0.05) is 33.4 Å². The molecule has 3 rings (SSSR count). The molecule has 0 aliphatic rings. The lowest BCUT2D eigenvalue weighted by molar-refractivity contribution is 0.0952. The molecule has 0 aliphatic heterocycles. The van der Waals surface area contributed by atoms with Gasteiger partial charge in [-0.15, -0.1) is 0 Å². The molecule has 1 aromatic heterocycles. The summed E-state index contributed by atoms with van der Waals surface area (Å²) >= 11 is 5.18. The number of hydrogen-bond donors (Lipinski definition) is 2. The fourth-order valence-corrected chi connectivity index (χ4v) is 4.22. The van der Waals surface area contributed by atoms with Crippen molar-refractivity contribution in [3.63, 3.8) is 0 Å². The van der Waals surface area contributed by atoms with Crippen molar-refractivity contribution >= 4 is 44.5 Å². The summed E-state index contributed by atoms with van der Waals surface area (Å²) in [6, 6.07) is 15.7. The van der Waals surface area contributed by atoms with Crippen LogP contribution < -0.4 is 5.32 Å². The molecular formula is C20H18BrN3OS. The summed E-state index contributed by atoms with van der Waals surface area (Å²) in [5.74, 6) is 1.45. The van der Waals surface area contributed by atoms with E-state index < -0.39 is 0 Å². The monoisotopic (exact) mass is 427 g/mol. The van der Waals surface area contributed by atoms with Crippen molar-refractivity contribution in [1.29, 1.82) is 5.26 Å². The molecule has 0 fully saturated rings. The summed E-state index contributed by atoms with van der Waals surface area (Å²) in [4.78, 5) is 15.5. The Morgan fingerprint density at radius 3 is 2.92 bits per heavy atom. The van der Waals surface area contributed by atoms with Crippen LogP contribution in [-0.2, 0) is 5.75 Å². The lowest BCUT2D eigenvalue weighted by atomic mass is 10.1. The third-order valence-electron chi connectivity index (χ3n) is 4.06. The molecule has 3 aromatic rings. The number of halogens is 1. The fraction of sp³-hybridized carbons (Fsp3) is 0.200. The fourth-order valence-electron chi connectivity index (χ4n) is 2.77. The lowest BCUT2D eigenvalue weighted by Gasteiger charge is -2.05. The number of carbonyl (C=O) groups excluding carboxylic acids is 1. The normalized spacial score (nSPS) is 10.7. The zero-order valence-corrected chi connectivity index (χ0v) is 16.7. The van der Waals surface area contributed by atoms with Gasteiger partial charge < -0.3 is 10.3 Å². The highest BCUT2D eigenvalue weighted by molar-refractivity contribution is 9.10. The van der Waals surface area contributed by atoms with E-state index >= 15 is 0 Å². The van der Waals surface area contributed by atoms with E-state index in [9.17, 15) is 4.79 Å². The van der Waals surface area contributed by atoms with E-state index in [1.165, 1.54) is 0 Å². The maximum Gasteiger partial charge on any atom is 0.267 e. The predicted octanol–water partition coefficient (Wildman–Crippen LogP) is 4.77. The number of aromatic amines is 1. The number of aryl methyl sites for hydroxylation is 1. The van der Waals surface area contributed by atoms with Crippen LogP contribution in [0.5, 0.6) is 0 Å². The van der Waals surface area contributed by atoms with E-state index in [2.05, 4.69) is 32.3 Å². The van der Waals surface area contributed by atoms with Crippen molar-refractivity contribution in [2.45, 2.75) is 12.7 Å². The molecule has 4 nitrogen and oxygen atoms in total. The van der Waals surface area contributed by atoms with Crippen molar-refractivity contribution in [1.82, 2.24) is 10.3 Å². The molecule has 1 heterocycles. The van der Waals surface area contributed by atoms with Crippen molar-refractivity contribution in [3.05, 3.63) is 69.3 Å². The molecule has 2 aromatic carbocycles. The number of thioether (sulfide) groups is 1. The maximum atomic E-state index is 12.3. The molecule has 0 saturated carbocycles. The van der Waals surface area contributed by atoms with Crippen LogP contribution in [0.3, 0.4) is 0 Å². The smallest absolute Gasteiger partial charge is 0.267 e. The molecule has 26 heavy (non-hydrogen) atoms. The van der Waals surface area contributed by atoms with Gasteiger partial charge in [-0.05, 0) is 42.3 Å². The van der Waals surface area contributed by atoms with Gasteiger partial charge in [0.2, 0.25) is 0 Å². The lowest BCUT2D eigenvalue weighted by Crippen LogP contribution is -2.26. The highest BCUT2D eigenvalue weighted by Gasteiger charge is 2.11. The standard InChI is InChI=1S/C20H18BrN3OS/c1-13-8-17(21)9-16-10-18(24-19(13)16)20(25)23-6-7-26-12-15-5-3-2-4-14(15)11-22/h2-5,8-10,24H,6-7,12H2,1H3,(H,23,25). The van der Waals surface area contributed by atoms with Crippen LogP contribution >= 0.6 is 27.7 Å². The molecule has 6 heteroatoms. The second kappa shape index (κ2) is 8.43. The summed E-state index contributed by atoms with van der Waals surface area (Å²) in [6.45, 7) is 2.59. The van der Waals surface area contributed by atoms with Crippen molar-refractivity contribution in [2.75, 3.05) is 12.3 Å². The number of nitrogens with zero attached hydrogens (tertiary/aromatic N) is 1. The molecule has 2 N–H and O–H groups in total. The van der Waals surface area contributed by atoms with Gasteiger partial charge in [-0.2, -0.15) is 17.0 Å². The quantitative estimate of drug-likeness (QED) is 0.556. The number of fused-ring (bicyclic) bond motifs is 1. The Morgan fingerprint density at radius 2 is 2.12 bits per heavy atom. The Kier molecular flexibility index (Phi) is 6.02. The van der Waals surface area contributed by atoms with Gasteiger partial charge in [-0.3, -0.25) is 4.79 Å². The van der Waals surface area contributed by atoms with Gasteiger partial charge in [0.15, 0.2) is 0 Å². The van der Waals surface area contributed by atoms with Crippen LogP contribution in [0.25, 0.3) is 10.9 Å². The first kappa shape index (κ1) is 18.6. The van der Waals surface area contributed by atoms with Crippen molar-refractivity contribution < 1.29 is 4.79 Å². The average Bonchev–Trinajstić information content (AvgIpc) is 3.06. The van der Waals surface area contributed by atoms with Crippen LogP contribution in [0.1, 0.15) is 27.2 Å². The largest absolute Gasteiger partial charge is 0.350 e. The number of amides is 1. The predicted molar refractivity (Wildman–Crippen MR) is 110 cm³/mol. The minimum atomic E-state index is -0.102. The first-order valence-corrected chi connectivity index (χ1v) is 10.2. The Balaban J connectivity index is 1.52. The Hall–Kier alpha value is -2.23. The topological polar surface area (TPSA) is 68.7 Å². The second-order valence-electron chi connectivity index (χ2n) is 5.95. The molecule has 1 amide bonds. The van der Waals surface area contributed by atoms with E-state index in [0.29, 0.717) is 17.8 Å². The van der Waals surface area contributed by atoms with Crippen molar-refractivity contribution in [3.8, 4) is 6.07 Å². The summed E-state index contributed by atoms with van der Waals surface area (Å²) in [5.41, 5.74) is 4.40. The molecule has 0 saturated heterocycles. The number of benzene rings is 2. The van der Waals surface area contributed by atoms with Crippen LogP contribution in [0.15, 0.2) is 46.9 Å². The molecular weight excluding hydrogens is 410 g/mol. The maximum absolute atomic E-state index is 12.3. The molecule has 0 unspecified atom stereocenters. The van der Waals surface area contributed by atoms with Gasteiger partial charge in [-0.1, -0.05) is 34.1 Å². The SMILES string of the molecule is Cc1cc(Br)cc2cc(C(=O)NCCSCc3ccccc3C#N)[nH]c12. The Labute approximate surface area is 165 Å². The Morgan fingerprint density at radius 1 is 1.31 bits per heavy atom. The van der Waals surface area contributed by atoms with Crippen molar-refractivity contribution in [2.24, 2.45) is 0 Å². The zero-order valence-electron chi connectivity index (χ0n) is 14.3. The van der Waals surface area contributed by atoms with Crippen LogP contribution in [0, 0.1) is 18.3 Å². The van der Waals surface area contributed by atoms with Gasteiger partial charge in [0.1, 0.15) is 5.69 Å². The van der Waals surface area contributed by atoms with E-state index in [1.807, 2.05) is 49.4 Å². The molecule has 0 radical (unpaired) electrons.